The molecule has 1 amide bonds. The highest BCUT2D eigenvalue weighted by Gasteiger charge is 2.42. The van der Waals surface area contributed by atoms with E-state index in [1.807, 2.05) is 30.3 Å². The molecule has 0 aromatic heterocycles. The zero-order valence-electron chi connectivity index (χ0n) is 15.1. The standard InChI is InChI=1S/C20H32N2O/c1-5-18-11-14-22(4)16(2)20(18,3)12-13-21-19(23)15-17-9-7-6-8-10-17/h6-10,16,18H,5,11-15H2,1-4H3,(H,21,23). The molecule has 0 spiro atoms. The van der Waals surface area contributed by atoms with Crippen molar-refractivity contribution in [2.45, 2.75) is 52.5 Å². The van der Waals surface area contributed by atoms with Crippen LogP contribution in [0.1, 0.15) is 45.6 Å². The van der Waals surface area contributed by atoms with Crippen molar-refractivity contribution in [3.8, 4) is 0 Å². The Kier molecular flexibility index (Phi) is 6.23. The summed E-state index contributed by atoms with van der Waals surface area (Å²) in [6.07, 6.45) is 4.03. The van der Waals surface area contributed by atoms with Crippen molar-refractivity contribution >= 4 is 5.91 Å². The number of hydrogen-bond acceptors (Lipinski definition) is 2. The van der Waals surface area contributed by atoms with Crippen LogP contribution in [0.25, 0.3) is 0 Å². The highest BCUT2D eigenvalue weighted by Crippen LogP contribution is 2.44. The van der Waals surface area contributed by atoms with E-state index in [1.54, 1.807) is 0 Å². The van der Waals surface area contributed by atoms with Crippen LogP contribution in [0.3, 0.4) is 0 Å². The van der Waals surface area contributed by atoms with Crippen LogP contribution in [0, 0.1) is 11.3 Å². The van der Waals surface area contributed by atoms with Gasteiger partial charge in [-0.05, 0) is 50.3 Å². The van der Waals surface area contributed by atoms with Crippen molar-refractivity contribution in [1.29, 1.82) is 0 Å². The van der Waals surface area contributed by atoms with Gasteiger partial charge < -0.3 is 10.2 Å². The second-order valence-electron chi connectivity index (χ2n) is 7.32. The van der Waals surface area contributed by atoms with E-state index in [1.165, 1.54) is 19.4 Å². The number of nitrogens with one attached hydrogen (secondary N) is 1. The molecule has 1 saturated heterocycles. The smallest absolute Gasteiger partial charge is 0.224 e. The predicted octanol–water partition coefficient (Wildman–Crippen LogP) is 3.49. The number of piperidine rings is 1. The molecule has 23 heavy (non-hydrogen) atoms. The van der Waals surface area contributed by atoms with E-state index >= 15 is 0 Å². The predicted molar refractivity (Wildman–Crippen MR) is 96.4 cm³/mol. The van der Waals surface area contributed by atoms with Crippen LogP contribution in [0.2, 0.25) is 0 Å². The minimum Gasteiger partial charge on any atom is -0.356 e. The molecule has 1 aliphatic heterocycles. The maximum Gasteiger partial charge on any atom is 0.224 e. The fraction of sp³-hybridized carbons (Fsp3) is 0.650. The largest absolute Gasteiger partial charge is 0.356 e. The van der Waals surface area contributed by atoms with Gasteiger partial charge in [0.05, 0.1) is 6.42 Å². The van der Waals surface area contributed by atoms with Crippen LogP contribution in [0.15, 0.2) is 30.3 Å². The maximum atomic E-state index is 12.1. The van der Waals surface area contributed by atoms with Gasteiger partial charge in [0, 0.05) is 12.6 Å². The molecule has 0 radical (unpaired) electrons. The monoisotopic (exact) mass is 316 g/mol. The number of benzene rings is 1. The van der Waals surface area contributed by atoms with E-state index in [4.69, 9.17) is 0 Å². The van der Waals surface area contributed by atoms with Crippen LogP contribution < -0.4 is 5.32 Å². The molecule has 1 N–H and O–H groups in total. The van der Waals surface area contributed by atoms with Gasteiger partial charge in [-0.25, -0.2) is 0 Å². The van der Waals surface area contributed by atoms with Crippen LogP contribution in [-0.4, -0.2) is 37.0 Å². The summed E-state index contributed by atoms with van der Waals surface area (Å²) in [6, 6.07) is 10.5. The van der Waals surface area contributed by atoms with Gasteiger partial charge in [-0.15, -0.1) is 0 Å². The van der Waals surface area contributed by atoms with Crippen molar-refractivity contribution in [1.82, 2.24) is 10.2 Å². The summed E-state index contributed by atoms with van der Waals surface area (Å²) in [5.74, 6) is 0.879. The van der Waals surface area contributed by atoms with Gasteiger partial charge in [0.1, 0.15) is 0 Å². The Hall–Kier alpha value is -1.35. The first-order chi connectivity index (χ1) is 11.0. The number of nitrogens with zero attached hydrogens (tertiary/aromatic N) is 1. The second-order valence-corrected chi connectivity index (χ2v) is 7.32. The molecule has 0 saturated carbocycles. The molecule has 1 fully saturated rings. The summed E-state index contributed by atoms with van der Waals surface area (Å²) in [5.41, 5.74) is 1.36. The Labute approximate surface area is 141 Å². The number of likely N-dealkylation sites (tertiary alicyclic amines) is 1. The van der Waals surface area contributed by atoms with Gasteiger partial charge in [0.15, 0.2) is 0 Å². The molecule has 2 rings (SSSR count). The van der Waals surface area contributed by atoms with E-state index in [-0.39, 0.29) is 11.3 Å². The molecule has 3 heteroatoms. The number of carbonyl (C=O) groups excluding carboxylic acids is 1. The van der Waals surface area contributed by atoms with Crippen molar-refractivity contribution in [3.05, 3.63) is 35.9 Å². The molecule has 0 bridgehead atoms. The summed E-state index contributed by atoms with van der Waals surface area (Å²) in [5, 5.41) is 3.13. The van der Waals surface area contributed by atoms with Gasteiger partial charge >= 0.3 is 0 Å². The third kappa shape index (κ3) is 4.35. The molecule has 1 aromatic rings. The molecule has 1 heterocycles. The fourth-order valence-corrected chi connectivity index (χ4v) is 4.13. The van der Waals surface area contributed by atoms with Gasteiger partial charge in [0.25, 0.3) is 0 Å². The summed E-state index contributed by atoms with van der Waals surface area (Å²) < 4.78 is 0. The summed E-state index contributed by atoms with van der Waals surface area (Å²) in [4.78, 5) is 14.6. The molecule has 1 aliphatic rings. The third-order valence-corrected chi connectivity index (χ3v) is 6.06. The molecule has 3 atom stereocenters. The molecule has 1 aromatic carbocycles. The lowest BCUT2D eigenvalue weighted by Gasteiger charge is -2.51. The zero-order valence-corrected chi connectivity index (χ0v) is 15.1. The number of hydrogen-bond donors (Lipinski definition) is 1. The minimum atomic E-state index is 0.129. The average molecular weight is 316 g/mol. The first-order valence-electron chi connectivity index (χ1n) is 8.98. The van der Waals surface area contributed by atoms with Gasteiger partial charge in [-0.1, -0.05) is 50.6 Å². The van der Waals surface area contributed by atoms with Gasteiger partial charge in [-0.2, -0.15) is 0 Å². The lowest BCUT2D eigenvalue weighted by molar-refractivity contribution is -0.120. The van der Waals surface area contributed by atoms with Crippen LogP contribution in [0.5, 0.6) is 0 Å². The molecule has 3 nitrogen and oxygen atoms in total. The van der Waals surface area contributed by atoms with Gasteiger partial charge in [0.2, 0.25) is 5.91 Å². The Bertz CT molecular complexity index is 498. The van der Waals surface area contributed by atoms with E-state index < -0.39 is 0 Å². The zero-order chi connectivity index (χ0) is 16.9. The molecule has 3 unspecified atom stereocenters. The topological polar surface area (TPSA) is 32.3 Å². The lowest BCUT2D eigenvalue weighted by atomic mass is 9.64. The second kappa shape index (κ2) is 7.96. The lowest BCUT2D eigenvalue weighted by Crippen LogP contribution is -2.53. The SMILES string of the molecule is CCC1CCN(C)C(C)C1(C)CCNC(=O)Cc1ccccc1. The van der Waals surface area contributed by atoms with E-state index in [2.05, 4.69) is 38.0 Å². The van der Waals surface area contributed by atoms with Crippen molar-refractivity contribution in [3.63, 3.8) is 0 Å². The molecule has 0 aliphatic carbocycles. The minimum absolute atomic E-state index is 0.129. The summed E-state index contributed by atoms with van der Waals surface area (Å²) in [6.45, 7) is 9.01. The van der Waals surface area contributed by atoms with E-state index in [0.29, 0.717) is 12.5 Å². The van der Waals surface area contributed by atoms with Crippen LogP contribution in [-0.2, 0) is 11.2 Å². The van der Waals surface area contributed by atoms with E-state index in [9.17, 15) is 4.79 Å². The normalized spacial score (nSPS) is 28.5. The molecular formula is C20H32N2O. The Balaban J connectivity index is 1.87. The third-order valence-electron chi connectivity index (χ3n) is 6.06. The van der Waals surface area contributed by atoms with Gasteiger partial charge in [-0.3, -0.25) is 4.79 Å². The van der Waals surface area contributed by atoms with Crippen molar-refractivity contribution < 1.29 is 4.79 Å². The van der Waals surface area contributed by atoms with Crippen LogP contribution in [0.4, 0.5) is 0 Å². The molecule has 128 valence electrons. The first kappa shape index (κ1) is 18.0. The fourth-order valence-electron chi connectivity index (χ4n) is 4.13. The molecular weight excluding hydrogens is 284 g/mol. The van der Waals surface area contributed by atoms with Crippen molar-refractivity contribution in [2.24, 2.45) is 11.3 Å². The number of rotatable bonds is 6. The number of carbonyl (C=O) groups is 1. The first-order valence-corrected chi connectivity index (χ1v) is 8.98. The average Bonchev–Trinajstić information content (AvgIpc) is 2.54. The quantitative estimate of drug-likeness (QED) is 0.871. The summed E-state index contributed by atoms with van der Waals surface area (Å²) in [7, 11) is 2.22. The summed E-state index contributed by atoms with van der Waals surface area (Å²) >= 11 is 0. The van der Waals surface area contributed by atoms with Crippen molar-refractivity contribution in [2.75, 3.05) is 20.1 Å². The Morgan fingerprint density at radius 2 is 2.04 bits per heavy atom. The maximum absolute atomic E-state index is 12.1. The number of amides is 1. The Morgan fingerprint density at radius 1 is 1.35 bits per heavy atom. The van der Waals surface area contributed by atoms with E-state index in [0.717, 1.165) is 24.4 Å². The highest BCUT2D eigenvalue weighted by molar-refractivity contribution is 5.78. The highest BCUT2D eigenvalue weighted by atomic mass is 16.1. The Morgan fingerprint density at radius 3 is 2.70 bits per heavy atom. The van der Waals surface area contributed by atoms with Crippen LogP contribution >= 0.6 is 0 Å².